The molecule has 0 bridgehead atoms. The van der Waals surface area contributed by atoms with Gasteiger partial charge in [-0.05, 0) is 48.3 Å². The standard InChI is InChI=1S/C17H22N2O2S/c1-16(2)9-17(15(18)21)10-19(8-13(16)17)14(20)11-4-6-12(22-3)7-5-11/h4-7,13H,8-10H2,1-3H3,(H2,18,21)/t13-,17+/m1/s1. The zero-order valence-corrected chi connectivity index (χ0v) is 14.1. The molecule has 2 fully saturated rings. The van der Waals surface area contributed by atoms with E-state index in [0.717, 1.165) is 11.3 Å². The number of amides is 2. The number of carbonyl (C=O) groups excluding carboxylic acids is 2. The van der Waals surface area contributed by atoms with Crippen LogP contribution in [-0.4, -0.2) is 36.1 Å². The second-order valence-corrected chi connectivity index (χ2v) is 8.03. The van der Waals surface area contributed by atoms with Gasteiger partial charge in [0.15, 0.2) is 0 Å². The molecule has 1 saturated carbocycles. The van der Waals surface area contributed by atoms with Gasteiger partial charge < -0.3 is 10.6 Å². The second kappa shape index (κ2) is 5.01. The second-order valence-electron chi connectivity index (χ2n) is 7.15. The number of nitrogens with two attached hydrogens (primary N) is 1. The molecule has 1 aliphatic heterocycles. The van der Waals surface area contributed by atoms with E-state index in [1.54, 1.807) is 16.7 Å². The fraction of sp³-hybridized carbons (Fsp3) is 0.529. The molecule has 2 aliphatic rings. The fourth-order valence-corrected chi connectivity index (χ4v) is 4.71. The average molecular weight is 318 g/mol. The lowest BCUT2D eigenvalue weighted by molar-refractivity contribution is -0.148. The number of nitrogens with zero attached hydrogens (tertiary/aromatic N) is 1. The van der Waals surface area contributed by atoms with Crippen LogP contribution in [0, 0.1) is 16.7 Å². The van der Waals surface area contributed by atoms with Crippen molar-refractivity contribution in [3.63, 3.8) is 0 Å². The number of fused-ring (bicyclic) bond motifs is 1. The molecule has 0 spiro atoms. The van der Waals surface area contributed by atoms with Gasteiger partial charge in [0.05, 0.1) is 5.41 Å². The Morgan fingerprint density at radius 3 is 2.36 bits per heavy atom. The van der Waals surface area contributed by atoms with Crippen LogP contribution in [0.1, 0.15) is 30.6 Å². The van der Waals surface area contributed by atoms with E-state index in [4.69, 9.17) is 5.73 Å². The quantitative estimate of drug-likeness (QED) is 0.870. The number of hydrogen-bond donors (Lipinski definition) is 1. The van der Waals surface area contributed by atoms with Gasteiger partial charge in [0.1, 0.15) is 0 Å². The summed E-state index contributed by atoms with van der Waals surface area (Å²) in [5.74, 6) is -0.0877. The lowest BCUT2D eigenvalue weighted by Gasteiger charge is -2.54. The predicted octanol–water partition coefficient (Wildman–Crippen LogP) is 2.38. The molecule has 2 amide bonds. The number of rotatable bonds is 3. The van der Waals surface area contributed by atoms with Crippen LogP contribution < -0.4 is 5.73 Å². The van der Waals surface area contributed by atoms with Gasteiger partial charge in [-0.25, -0.2) is 0 Å². The maximum atomic E-state index is 12.7. The maximum absolute atomic E-state index is 12.7. The maximum Gasteiger partial charge on any atom is 0.253 e. The van der Waals surface area contributed by atoms with Crippen molar-refractivity contribution in [2.45, 2.75) is 25.2 Å². The molecule has 2 N–H and O–H groups in total. The predicted molar refractivity (Wildman–Crippen MR) is 87.6 cm³/mol. The first kappa shape index (κ1) is 15.4. The van der Waals surface area contributed by atoms with Crippen LogP contribution in [0.25, 0.3) is 0 Å². The van der Waals surface area contributed by atoms with Crippen molar-refractivity contribution in [2.24, 2.45) is 22.5 Å². The Labute approximate surface area is 135 Å². The minimum Gasteiger partial charge on any atom is -0.369 e. The summed E-state index contributed by atoms with van der Waals surface area (Å²) in [4.78, 5) is 27.6. The first-order valence-electron chi connectivity index (χ1n) is 7.53. The molecular weight excluding hydrogens is 296 g/mol. The summed E-state index contributed by atoms with van der Waals surface area (Å²) in [6, 6.07) is 7.62. The Kier molecular flexibility index (Phi) is 3.51. The van der Waals surface area contributed by atoms with Crippen LogP contribution in [0.5, 0.6) is 0 Å². The number of thioether (sulfide) groups is 1. The summed E-state index contributed by atoms with van der Waals surface area (Å²) in [7, 11) is 0. The third-order valence-corrected chi connectivity index (χ3v) is 6.12. The Balaban J connectivity index is 1.82. The van der Waals surface area contributed by atoms with Crippen molar-refractivity contribution in [3.05, 3.63) is 29.8 Å². The normalized spacial score (nSPS) is 28.9. The highest BCUT2D eigenvalue weighted by molar-refractivity contribution is 7.98. The van der Waals surface area contributed by atoms with E-state index in [9.17, 15) is 9.59 Å². The number of likely N-dealkylation sites (tertiary alicyclic amines) is 1. The Morgan fingerprint density at radius 2 is 1.91 bits per heavy atom. The molecule has 1 saturated heterocycles. The minimum atomic E-state index is -0.516. The van der Waals surface area contributed by atoms with Crippen LogP contribution in [0.15, 0.2) is 29.2 Å². The van der Waals surface area contributed by atoms with Gasteiger partial charge in [-0.3, -0.25) is 9.59 Å². The Hall–Kier alpha value is -1.49. The molecule has 0 aromatic heterocycles. The van der Waals surface area contributed by atoms with Gasteiger partial charge in [-0.1, -0.05) is 13.8 Å². The molecule has 1 aromatic carbocycles. The molecule has 5 heteroatoms. The summed E-state index contributed by atoms with van der Waals surface area (Å²) in [5.41, 5.74) is 5.89. The largest absolute Gasteiger partial charge is 0.369 e. The molecule has 118 valence electrons. The van der Waals surface area contributed by atoms with Crippen LogP contribution in [0.4, 0.5) is 0 Å². The average Bonchev–Trinajstić information content (AvgIpc) is 2.83. The SMILES string of the molecule is CSc1ccc(C(=O)N2C[C@@H]3C(C)(C)C[C@]3(C(N)=O)C2)cc1. The van der Waals surface area contributed by atoms with E-state index >= 15 is 0 Å². The third kappa shape index (κ3) is 2.14. The summed E-state index contributed by atoms with van der Waals surface area (Å²) < 4.78 is 0. The lowest BCUT2D eigenvalue weighted by atomic mass is 9.48. The Morgan fingerprint density at radius 1 is 1.27 bits per heavy atom. The summed E-state index contributed by atoms with van der Waals surface area (Å²) >= 11 is 1.65. The molecule has 2 atom stereocenters. The van der Waals surface area contributed by atoms with E-state index in [2.05, 4.69) is 13.8 Å². The molecule has 22 heavy (non-hydrogen) atoms. The van der Waals surface area contributed by atoms with E-state index in [0.29, 0.717) is 18.7 Å². The third-order valence-electron chi connectivity index (χ3n) is 5.37. The van der Waals surface area contributed by atoms with Gasteiger partial charge in [0.2, 0.25) is 5.91 Å². The molecule has 4 nitrogen and oxygen atoms in total. The smallest absolute Gasteiger partial charge is 0.253 e. The van der Waals surface area contributed by atoms with Crippen molar-refractivity contribution in [1.29, 1.82) is 0 Å². The van der Waals surface area contributed by atoms with Crippen molar-refractivity contribution < 1.29 is 9.59 Å². The number of hydrogen-bond acceptors (Lipinski definition) is 3. The lowest BCUT2D eigenvalue weighted by Crippen LogP contribution is -2.59. The summed E-state index contributed by atoms with van der Waals surface area (Å²) in [6.45, 7) is 5.39. The van der Waals surface area contributed by atoms with Crippen molar-refractivity contribution >= 4 is 23.6 Å². The van der Waals surface area contributed by atoms with Crippen LogP contribution in [-0.2, 0) is 4.79 Å². The van der Waals surface area contributed by atoms with E-state index < -0.39 is 5.41 Å². The molecule has 0 radical (unpaired) electrons. The zero-order valence-electron chi connectivity index (χ0n) is 13.3. The van der Waals surface area contributed by atoms with Crippen LogP contribution in [0.3, 0.4) is 0 Å². The van der Waals surface area contributed by atoms with Gasteiger partial charge in [-0.2, -0.15) is 0 Å². The van der Waals surface area contributed by atoms with E-state index in [1.165, 1.54) is 0 Å². The highest BCUT2D eigenvalue weighted by atomic mass is 32.2. The topological polar surface area (TPSA) is 63.4 Å². The highest BCUT2D eigenvalue weighted by Gasteiger charge is 2.66. The van der Waals surface area contributed by atoms with E-state index in [1.807, 2.05) is 30.5 Å². The van der Waals surface area contributed by atoms with Crippen LogP contribution in [0.2, 0.25) is 0 Å². The van der Waals surface area contributed by atoms with E-state index in [-0.39, 0.29) is 23.1 Å². The van der Waals surface area contributed by atoms with Crippen molar-refractivity contribution in [2.75, 3.05) is 19.3 Å². The molecule has 1 aliphatic carbocycles. The summed E-state index contributed by atoms with van der Waals surface area (Å²) in [5, 5.41) is 0. The van der Waals surface area contributed by atoms with Crippen molar-refractivity contribution in [1.82, 2.24) is 4.90 Å². The fourth-order valence-electron chi connectivity index (χ4n) is 4.30. The van der Waals surface area contributed by atoms with Gasteiger partial charge >= 0.3 is 0 Å². The number of primary amides is 1. The van der Waals surface area contributed by atoms with Crippen LogP contribution >= 0.6 is 11.8 Å². The van der Waals surface area contributed by atoms with Gasteiger partial charge in [-0.15, -0.1) is 11.8 Å². The first-order chi connectivity index (χ1) is 10.3. The molecule has 1 aromatic rings. The molecule has 0 unspecified atom stereocenters. The zero-order chi connectivity index (χ0) is 16.1. The first-order valence-corrected chi connectivity index (χ1v) is 8.76. The molecule has 1 heterocycles. The highest BCUT2D eigenvalue weighted by Crippen LogP contribution is 2.62. The van der Waals surface area contributed by atoms with Gasteiger partial charge in [0.25, 0.3) is 5.91 Å². The number of carbonyl (C=O) groups is 2. The van der Waals surface area contributed by atoms with Crippen molar-refractivity contribution in [3.8, 4) is 0 Å². The summed E-state index contributed by atoms with van der Waals surface area (Å²) in [6.07, 6.45) is 2.78. The molecule has 3 rings (SSSR count). The number of benzene rings is 1. The van der Waals surface area contributed by atoms with Gasteiger partial charge in [0, 0.05) is 23.5 Å². The monoisotopic (exact) mass is 318 g/mol. The minimum absolute atomic E-state index is 0.00141. The molecular formula is C17H22N2O2S. The Bertz CT molecular complexity index is 626.